The molecule has 0 radical (unpaired) electrons. The molecule has 0 aliphatic rings. The second-order valence-electron chi connectivity index (χ2n) is 4.19. The van der Waals surface area contributed by atoms with Crippen LogP contribution in [0.4, 0.5) is 11.4 Å². The molecule has 2 aromatic carbocycles. The largest absolute Gasteiger partial charge is 0.385 e. The average Bonchev–Trinajstić information content (AvgIpc) is 2.43. The minimum absolute atomic E-state index is 0.156. The van der Waals surface area contributed by atoms with Crippen LogP contribution in [0.2, 0.25) is 5.02 Å². The van der Waals surface area contributed by atoms with Gasteiger partial charge in [-0.25, -0.2) is 0 Å². The number of hydrogen-bond acceptors (Lipinski definition) is 2. The van der Waals surface area contributed by atoms with Crippen LogP contribution in [0.5, 0.6) is 0 Å². The number of nitrogens with one attached hydrogen (secondary N) is 2. The maximum Gasteiger partial charge on any atom is 0.255 e. The molecule has 0 saturated carbocycles. The molecule has 0 aliphatic carbocycles. The van der Waals surface area contributed by atoms with E-state index in [-0.39, 0.29) is 5.91 Å². The summed E-state index contributed by atoms with van der Waals surface area (Å²) in [6.07, 6.45) is 0. The summed E-state index contributed by atoms with van der Waals surface area (Å²) >= 11 is 9.24. The lowest BCUT2D eigenvalue weighted by molar-refractivity contribution is 0.102. The van der Waals surface area contributed by atoms with Crippen molar-refractivity contribution in [2.45, 2.75) is 6.92 Å². The maximum absolute atomic E-state index is 12.1. The third-order valence-corrected chi connectivity index (χ3v) is 3.60. The Kier molecular flexibility index (Phi) is 5.04. The molecule has 0 heterocycles. The van der Waals surface area contributed by atoms with E-state index in [0.717, 1.165) is 16.7 Å². The van der Waals surface area contributed by atoms with E-state index in [4.69, 9.17) is 11.6 Å². The van der Waals surface area contributed by atoms with E-state index in [1.807, 2.05) is 19.1 Å². The summed E-state index contributed by atoms with van der Waals surface area (Å²) in [5.41, 5.74) is 2.29. The molecule has 1 amide bonds. The van der Waals surface area contributed by atoms with Crippen molar-refractivity contribution in [3.8, 4) is 0 Å². The summed E-state index contributed by atoms with van der Waals surface area (Å²) in [6, 6.07) is 12.6. The fourth-order valence-corrected chi connectivity index (χ4v) is 2.51. The molecule has 0 bridgehead atoms. The van der Waals surface area contributed by atoms with Crippen molar-refractivity contribution in [3.63, 3.8) is 0 Å². The molecular weight excluding hydrogens is 340 g/mol. The normalized spacial score (nSPS) is 10.2. The Labute approximate surface area is 131 Å². The van der Waals surface area contributed by atoms with Crippen LogP contribution in [0.15, 0.2) is 46.9 Å². The van der Waals surface area contributed by atoms with Crippen LogP contribution in [0.3, 0.4) is 0 Å². The van der Waals surface area contributed by atoms with Gasteiger partial charge in [-0.3, -0.25) is 4.79 Å². The molecule has 2 aromatic rings. The highest BCUT2D eigenvalue weighted by atomic mass is 79.9. The van der Waals surface area contributed by atoms with Gasteiger partial charge >= 0.3 is 0 Å². The van der Waals surface area contributed by atoms with Gasteiger partial charge in [-0.2, -0.15) is 0 Å². The Bertz CT molecular complexity index is 614. The van der Waals surface area contributed by atoms with E-state index in [0.29, 0.717) is 16.3 Å². The average molecular weight is 354 g/mol. The number of carbonyl (C=O) groups is 1. The third-order valence-electron chi connectivity index (χ3n) is 2.71. The van der Waals surface area contributed by atoms with E-state index in [2.05, 4.69) is 26.6 Å². The highest BCUT2D eigenvalue weighted by molar-refractivity contribution is 9.10. The maximum atomic E-state index is 12.1. The number of benzene rings is 2. The number of rotatable bonds is 4. The predicted molar refractivity (Wildman–Crippen MR) is 87.7 cm³/mol. The number of halogens is 2. The van der Waals surface area contributed by atoms with Gasteiger partial charge in [0.25, 0.3) is 5.91 Å². The lowest BCUT2D eigenvalue weighted by atomic mass is 10.2. The molecule has 0 aromatic heterocycles. The first-order valence-corrected chi connectivity index (χ1v) is 7.37. The van der Waals surface area contributed by atoms with Gasteiger partial charge in [0.1, 0.15) is 0 Å². The lowest BCUT2D eigenvalue weighted by Crippen LogP contribution is -2.12. The van der Waals surface area contributed by atoms with Crippen molar-refractivity contribution in [1.82, 2.24) is 0 Å². The van der Waals surface area contributed by atoms with Gasteiger partial charge in [-0.15, -0.1) is 0 Å². The Hall–Kier alpha value is -1.52. The van der Waals surface area contributed by atoms with Crippen LogP contribution in [-0.2, 0) is 0 Å². The molecule has 0 unspecified atom stereocenters. The minimum Gasteiger partial charge on any atom is -0.385 e. The summed E-state index contributed by atoms with van der Waals surface area (Å²) in [6.45, 7) is 2.88. The van der Waals surface area contributed by atoms with Crippen LogP contribution >= 0.6 is 27.5 Å². The van der Waals surface area contributed by atoms with Gasteiger partial charge in [0.15, 0.2) is 0 Å². The molecule has 20 heavy (non-hydrogen) atoms. The first-order valence-electron chi connectivity index (χ1n) is 6.20. The topological polar surface area (TPSA) is 41.1 Å². The molecular formula is C15H14BrClN2O. The molecule has 0 fully saturated rings. The number of hydrogen-bond donors (Lipinski definition) is 2. The van der Waals surface area contributed by atoms with Crippen LogP contribution < -0.4 is 10.6 Å². The van der Waals surface area contributed by atoms with Gasteiger partial charge < -0.3 is 10.6 Å². The van der Waals surface area contributed by atoms with Gasteiger partial charge in [-0.05, 0) is 65.3 Å². The van der Waals surface area contributed by atoms with Crippen LogP contribution in [0.1, 0.15) is 17.3 Å². The zero-order valence-corrected chi connectivity index (χ0v) is 13.3. The fraction of sp³-hybridized carbons (Fsp3) is 0.133. The van der Waals surface area contributed by atoms with Crippen LogP contribution in [-0.4, -0.2) is 12.5 Å². The second-order valence-corrected chi connectivity index (χ2v) is 5.48. The summed E-state index contributed by atoms with van der Waals surface area (Å²) in [5.74, 6) is -0.156. The van der Waals surface area contributed by atoms with E-state index in [9.17, 15) is 4.79 Å². The highest BCUT2D eigenvalue weighted by Gasteiger charge is 2.08. The summed E-state index contributed by atoms with van der Waals surface area (Å²) in [7, 11) is 0. The highest BCUT2D eigenvalue weighted by Crippen LogP contribution is 2.26. The first-order chi connectivity index (χ1) is 9.60. The Morgan fingerprint density at radius 1 is 1.20 bits per heavy atom. The lowest BCUT2D eigenvalue weighted by Gasteiger charge is -2.08. The van der Waals surface area contributed by atoms with Crippen LogP contribution in [0, 0.1) is 0 Å². The minimum atomic E-state index is -0.156. The van der Waals surface area contributed by atoms with E-state index < -0.39 is 0 Å². The standard InChI is InChI=1S/C15H14BrClN2O/c1-2-18-12-6-3-10(4-7-12)15(20)19-14-8-5-11(17)9-13(14)16/h3-9,18H,2H2,1H3,(H,19,20). The summed E-state index contributed by atoms with van der Waals surface area (Å²) in [5, 5.41) is 6.64. The van der Waals surface area contributed by atoms with Gasteiger partial charge in [0.05, 0.1) is 5.69 Å². The quantitative estimate of drug-likeness (QED) is 0.830. The smallest absolute Gasteiger partial charge is 0.255 e. The van der Waals surface area contributed by atoms with E-state index >= 15 is 0 Å². The number of carbonyl (C=O) groups excluding carboxylic acids is 1. The fourth-order valence-electron chi connectivity index (χ4n) is 1.73. The van der Waals surface area contributed by atoms with Gasteiger partial charge in [0, 0.05) is 27.3 Å². The number of amides is 1. The van der Waals surface area contributed by atoms with E-state index in [1.165, 1.54) is 0 Å². The SMILES string of the molecule is CCNc1ccc(C(=O)Nc2ccc(Cl)cc2Br)cc1. The molecule has 0 aliphatic heterocycles. The first kappa shape index (κ1) is 14.9. The zero-order valence-electron chi connectivity index (χ0n) is 10.9. The Balaban J connectivity index is 2.11. The molecule has 2 N–H and O–H groups in total. The second kappa shape index (κ2) is 6.77. The molecule has 0 saturated heterocycles. The molecule has 5 heteroatoms. The molecule has 3 nitrogen and oxygen atoms in total. The molecule has 2 rings (SSSR count). The van der Waals surface area contributed by atoms with E-state index in [1.54, 1.807) is 30.3 Å². The van der Waals surface area contributed by atoms with Crippen molar-refractivity contribution in [2.24, 2.45) is 0 Å². The predicted octanol–water partition coefficient (Wildman–Crippen LogP) is 4.79. The van der Waals surface area contributed by atoms with Crippen molar-refractivity contribution in [1.29, 1.82) is 0 Å². The molecule has 0 atom stereocenters. The van der Waals surface area contributed by atoms with Crippen molar-refractivity contribution >= 4 is 44.8 Å². The monoisotopic (exact) mass is 352 g/mol. The summed E-state index contributed by atoms with van der Waals surface area (Å²) in [4.78, 5) is 12.1. The molecule has 104 valence electrons. The van der Waals surface area contributed by atoms with Gasteiger partial charge in [-0.1, -0.05) is 11.6 Å². The van der Waals surface area contributed by atoms with Crippen LogP contribution in [0.25, 0.3) is 0 Å². The van der Waals surface area contributed by atoms with Gasteiger partial charge in [0.2, 0.25) is 0 Å². The third kappa shape index (κ3) is 3.74. The Morgan fingerprint density at radius 2 is 1.90 bits per heavy atom. The zero-order chi connectivity index (χ0) is 14.5. The number of anilines is 2. The van der Waals surface area contributed by atoms with Crippen molar-refractivity contribution < 1.29 is 4.79 Å². The molecule has 0 spiro atoms. The van der Waals surface area contributed by atoms with Crippen molar-refractivity contribution in [3.05, 3.63) is 57.5 Å². The Morgan fingerprint density at radius 3 is 2.50 bits per heavy atom. The van der Waals surface area contributed by atoms with Crippen molar-refractivity contribution in [2.75, 3.05) is 17.2 Å². The summed E-state index contributed by atoms with van der Waals surface area (Å²) < 4.78 is 0.752.